The fraction of sp³-hybridized carbons (Fsp3) is 0.357. The largest absolute Gasteiger partial charge is 0.353 e. The van der Waals surface area contributed by atoms with Gasteiger partial charge in [0.1, 0.15) is 0 Å². The average Bonchev–Trinajstić information content (AvgIpc) is 2.89. The predicted molar refractivity (Wildman–Crippen MR) is 159 cm³/mol. The number of carbonyl (C=O) groups is 2. The maximum Gasteiger partial charge on any atom is 0.244 e. The van der Waals surface area contributed by atoms with Crippen LogP contribution in [0.2, 0.25) is 20.1 Å². The molecule has 0 atom stereocenters. The van der Waals surface area contributed by atoms with Gasteiger partial charge in [0.15, 0.2) is 0 Å². The second-order valence-corrected chi connectivity index (χ2v) is 10.7. The highest BCUT2D eigenvalue weighted by molar-refractivity contribution is 6.36. The number of carbonyl (C=O) groups excluding carboxylic acids is 2. The number of nitrogens with one attached hydrogen (secondary N) is 2. The van der Waals surface area contributed by atoms with Crippen molar-refractivity contribution in [3.63, 3.8) is 0 Å². The van der Waals surface area contributed by atoms with Crippen molar-refractivity contribution >= 4 is 70.4 Å². The molecular formula is C28H32Cl4N4O2. The number of nitrogens with zero attached hydrogens (tertiary/aromatic N) is 2. The molecule has 2 amide bonds. The van der Waals surface area contributed by atoms with Gasteiger partial charge in [0.2, 0.25) is 11.8 Å². The van der Waals surface area contributed by atoms with Gasteiger partial charge in [-0.3, -0.25) is 9.59 Å². The number of rotatable bonds is 12. The van der Waals surface area contributed by atoms with Crippen molar-refractivity contribution in [3.8, 4) is 0 Å². The van der Waals surface area contributed by atoms with Crippen molar-refractivity contribution in [2.75, 3.05) is 52.4 Å². The Morgan fingerprint density at radius 2 is 1.08 bits per heavy atom. The Morgan fingerprint density at radius 1 is 0.684 bits per heavy atom. The Balaban J connectivity index is 1.22. The van der Waals surface area contributed by atoms with Gasteiger partial charge < -0.3 is 20.4 Å². The van der Waals surface area contributed by atoms with Crippen LogP contribution in [-0.4, -0.2) is 74.0 Å². The second kappa shape index (κ2) is 16.1. The number of hydrogen-bond acceptors (Lipinski definition) is 4. The molecule has 1 fully saturated rings. The molecule has 6 nitrogen and oxygen atoms in total. The van der Waals surface area contributed by atoms with Crippen LogP contribution < -0.4 is 10.6 Å². The summed E-state index contributed by atoms with van der Waals surface area (Å²) in [6.45, 7) is 7.13. The molecule has 204 valence electrons. The van der Waals surface area contributed by atoms with E-state index in [0.29, 0.717) is 33.2 Å². The highest BCUT2D eigenvalue weighted by Gasteiger charge is 2.16. The normalized spacial score (nSPS) is 14.8. The van der Waals surface area contributed by atoms with E-state index in [4.69, 9.17) is 46.4 Å². The molecule has 38 heavy (non-hydrogen) atoms. The van der Waals surface area contributed by atoms with Gasteiger partial charge in [0, 0.05) is 71.5 Å². The zero-order valence-corrected chi connectivity index (χ0v) is 24.1. The van der Waals surface area contributed by atoms with Crippen molar-refractivity contribution in [1.29, 1.82) is 0 Å². The number of hydrogen-bond donors (Lipinski definition) is 2. The molecule has 2 aromatic rings. The molecule has 2 aromatic carbocycles. The highest BCUT2D eigenvalue weighted by atomic mass is 35.5. The summed E-state index contributed by atoms with van der Waals surface area (Å²) in [5.41, 5.74) is 1.51. The van der Waals surface area contributed by atoms with E-state index in [0.717, 1.165) is 63.2 Å². The molecule has 0 radical (unpaired) electrons. The molecular weight excluding hydrogens is 566 g/mol. The quantitative estimate of drug-likeness (QED) is 0.245. The fourth-order valence-electron chi connectivity index (χ4n) is 3.99. The van der Waals surface area contributed by atoms with Crippen LogP contribution in [0.5, 0.6) is 0 Å². The minimum atomic E-state index is -0.141. The van der Waals surface area contributed by atoms with Crippen molar-refractivity contribution in [2.45, 2.75) is 12.8 Å². The first-order chi connectivity index (χ1) is 18.3. The summed E-state index contributed by atoms with van der Waals surface area (Å²) in [4.78, 5) is 28.9. The van der Waals surface area contributed by atoms with Crippen LogP contribution in [0.15, 0.2) is 48.6 Å². The molecule has 1 aliphatic rings. The minimum absolute atomic E-state index is 0.141. The van der Waals surface area contributed by atoms with Crippen LogP contribution in [0, 0.1) is 0 Å². The third kappa shape index (κ3) is 11.0. The summed E-state index contributed by atoms with van der Waals surface area (Å²) >= 11 is 24.0. The summed E-state index contributed by atoms with van der Waals surface area (Å²) in [5.74, 6) is -0.283. The Morgan fingerprint density at radius 3 is 1.45 bits per heavy atom. The number of benzene rings is 2. The second-order valence-electron chi connectivity index (χ2n) is 8.97. The molecule has 10 heteroatoms. The van der Waals surface area contributed by atoms with Gasteiger partial charge in [-0.05, 0) is 73.5 Å². The van der Waals surface area contributed by atoms with E-state index in [1.54, 1.807) is 48.6 Å². The zero-order valence-electron chi connectivity index (χ0n) is 21.1. The fourth-order valence-corrected chi connectivity index (χ4v) is 4.93. The molecule has 0 saturated carbocycles. The molecule has 0 bridgehead atoms. The Labute approximate surface area is 244 Å². The molecule has 2 N–H and O–H groups in total. The maximum absolute atomic E-state index is 12.1. The summed E-state index contributed by atoms with van der Waals surface area (Å²) in [5, 5.41) is 7.98. The van der Waals surface area contributed by atoms with E-state index in [9.17, 15) is 9.59 Å². The minimum Gasteiger partial charge on any atom is -0.353 e. The molecule has 0 aromatic heterocycles. The lowest BCUT2D eigenvalue weighted by Gasteiger charge is -2.34. The number of amides is 2. The van der Waals surface area contributed by atoms with Crippen molar-refractivity contribution in [2.24, 2.45) is 0 Å². The van der Waals surface area contributed by atoms with Crippen LogP contribution >= 0.6 is 46.4 Å². The van der Waals surface area contributed by atoms with Crippen molar-refractivity contribution in [1.82, 2.24) is 20.4 Å². The maximum atomic E-state index is 12.1. The molecule has 1 saturated heterocycles. The molecule has 0 spiro atoms. The topological polar surface area (TPSA) is 64.7 Å². The van der Waals surface area contributed by atoms with Gasteiger partial charge in [0.25, 0.3) is 0 Å². The standard InChI is InChI=1S/C28H32Cl4N4O2/c29-23-7-3-21(25(31)19-23)5-9-27(37)33-11-1-13-35-15-17-36(18-16-35)14-2-12-34-28(38)10-6-22-4-8-24(30)20-26(22)32/h3-10,19-20H,1-2,11-18H2,(H,33,37)(H,34,38)/b9-5+,10-6+. The molecule has 1 heterocycles. The summed E-state index contributed by atoms with van der Waals surface area (Å²) < 4.78 is 0. The lowest BCUT2D eigenvalue weighted by atomic mass is 10.2. The summed E-state index contributed by atoms with van der Waals surface area (Å²) in [6, 6.07) is 10.3. The van der Waals surface area contributed by atoms with Crippen LogP contribution in [-0.2, 0) is 9.59 Å². The van der Waals surface area contributed by atoms with Crippen LogP contribution in [0.3, 0.4) is 0 Å². The van der Waals surface area contributed by atoms with E-state index in [2.05, 4.69) is 20.4 Å². The van der Waals surface area contributed by atoms with Gasteiger partial charge in [-0.2, -0.15) is 0 Å². The first-order valence-corrected chi connectivity index (χ1v) is 14.1. The average molecular weight is 598 g/mol. The Hall–Kier alpha value is -2.06. The van der Waals surface area contributed by atoms with Gasteiger partial charge in [-0.15, -0.1) is 0 Å². The number of piperazine rings is 1. The Bertz CT molecular complexity index is 1060. The van der Waals surface area contributed by atoms with Crippen LogP contribution in [0.25, 0.3) is 12.2 Å². The molecule has 0 unspecified atom stereocenters. The van der Waals surface area contributed by atoms with E-state index in [1.807, 2.05) is 0 Å². The smallest absolute Gasteiger partial charge is 0.244 e. The first-order valence-electron chi connectivity index (χ1n) is 12.6. The Kier molecular flexibility index (Phi) is 12.9. The SMILES string of the molecule is O=C(/C=C/c1ccc(Cl)cc1Cl)NCCCN1CCN(CCCNC(=O)/C=C/c2ccc(Cl)cc2Cl)CC1. The summed E-state index contributed by atoms with van der Waals surface area (Å²) in [7, 11) is 0. The van der Waals surface area contributed by atoms with Crippen molar-refractivity contribution < 1.29 is 9.59 Å². The molecule has 3 rings (SSSR count). The predicted octanol–water partition coefficient (Wildman–Crippen LogP) is 5.66. The third-order valence-corrected chi connectivity index (χ3v) is 7.24. The molecule has 0 aliphatic carbocycles. The van der Waals surface area contributed by atoms with Gasteiger partial charge in [-0.25, -0.2) is 0 Å². The van der Waals surface area contributed by atoms with Gasteiger partial charge >= 0.3 is 0 Å². The van der Waals surface area contributed by atoms with E-state index < -0.39 is 0 Å². The van der Waals surface area contributed by atoms with Gasteiger partial charge in [0.05, 0.1) is 0 Å². The lowest BCUT2D eigenvalue weighted by molar-refractivity contribution is -0.117. The van der Waals surface area contributed by atoms with Gasteiger partial charge in [-0.1, -0.05) is 58.5 Å². The van der Waals surface area contributed by atoms with E-state index in [1.165, 1.54) is 12.2 Å². The highest BCUT2D eigenvalue weighted by Crippen LogP contribution is 2.22. The first kappa shape index (κ1) is 30.5. The number of halogens is 4. The van der Waals surface area contributed by atoms with Crippen LogP contribution in [0.4, 0.5) is 0 Å². The monoisotopic (exact) mass is 596 g/mol. The van der Waals surface area contributed by atoms with Crippen LogP contribution in [0.1, 0.15) is 24.0 Å². The van der Waals surface area contributed by atoms with Crippen molar-refractivity contribution in [3.05, 3.63) is 79.8 Å². The van der Waals surface area contributed by atoms with E-state index >= 15 is 0 Å². The summed E-state index contributed by atoms with van der Waals surface area (Å²) in [6.07, 6.45) is 8.13. The third-order valence-electron chi connectivity index (χ3n) is 6.12. The van der Waals surface area contributed by atoms with E-state index in [-0.39, 0.29) is 11.8 Å². The zero-order chi connectivity index (χ0) is 27.3. The lowest BCUT2D eigenvalue weighted by Crippen LogP contribution is -2.47. The molecule has 1 aliphatic heterocycles.